The number of rotatable bonds is 5. The van der Waals surface area contributed by atoms with Crippen molar-refractivity contribution in [2.75, 3.05) is 37.7 Å². The number of carbonyl (C=O) groups excluding carboxylic acids is 1. The van der Waals surface area contributed by atoms with Crippen LogP contribution in [0.25, 0.3) is 0 Å². The van der Waals surface area contributed by atoms with Crippen LogP contribution in [-0.4, -0.2) is 54.0 Å². The van der Waals surface area contributed by atoms with Gasteiger partial charge in [0.15, 0.2) is 0 Å². The number of thioether (sulfide) groups is 1. The molecule has 0 aromatic rings. The zero-order valence-corrected chi connectivity index (χ0v) is 12.8. The van der Waals surface area contributed by atoms with Crippen LogP contribution in [0.3, 0.4) is 0 Å². The molecule has 0 aromatic heterocycles. The summed E-state index contributed by atoms with van der Waals surface area (Å²) in [6.45, 7) is 5.48. The van der Waals surface area contributed by atoms with Crippen molar-refractivity contribution in [1.29, 1.82) is 0 Å². The quantitative estimate of drug-likeness (QED) is 0.793. The Morgan fingerprint density at radius 3 is 2.58 bits per heavy atom. The van der Waals surface area contributed by atoms with E-state index in [9.17, 15) is 4.79 Å². The molecule has 19 heavy (non-hydrogen) atoms. The van der Waals surface area contributed by atoms with E-state index in [1.807, 2.05) is 18.7 Å². The smallest absolute Gasteiger partial charge is 0.224 e. The standard InChI is InChI=1S/C14H27N3OS/c1-12(10-15)13(18)16-11-14(4-2-3-5-14)17-6-8-19-9-7-17/h12H,2-11,15H2,1H3,(H,16,18). The molecular weight excluding hydrogens is 258 g/mol. The highest BCUT2D eigenvalue weighted by Gasteiger charge is 2.40. The first-order chi connectivity index (χ1) is 9.18. The lowest BCUT2D eigenvalue weighted by atomic mass is 9.94. The number of nitrogens with one attached hydrogen (secondary N) is 1. The van der Waals surface area contributed by atoms with Crippen LogP contribution in [-0.2, 0) is 4.79 Å². The zero-order chi connectivity index (χ0) is 13.7. The number of hydrogen-bond acceptors (Lipinski definition) is 4. The monoisotopic (exact) mass is 285 g/mol. The topological polar surface area (TPSA) is 58.4 Å². The third-order valence-corrected chi connectivity index (χ3v) is 5.55. The molecule has 5 heteroatoms. The second-order valence-corrected chi connectivity index (χ2v) is 7.11. The van der Waals surface area contributed by atoms with Gasteiger partial charge in [0.05, 0.1) is 0 Å². The molecule has 0 aromatic carbocycles. The Hall–Kier alpha value is -0.260. The van der Waals surface area contributed by atoms with E-state index in [2.05, 4.69) is 10.2 Å². The molecule has 1 atom stereocenters. The third kappa shape index (κ3) is 3.64. The Balaban J connectivity index is 1.93. The molecule has 1 aliphatic heterocycles. The normalized spacial score (nSPS) is 25.2. The van der Waals surface area contributed by atoms with E-state index in [0.29, 0.717) is 6.54 Å². The first-order valence-corrected chi connectivity index (χ1v) is 8.64. The fourth-order valence-corrected chi connectivity index (χ4v) is 4.11. The molecule has 2 fully saturated rings. The second kappa shape index (κ2) is 6.95. The zero-order valence-electron chi connectivity index (χ0n) is 12.0. The molecule has 1 heterocycles. The molecular formula is C14H27N3OS. The van der Waals surface area contributed by atoms with E-state index >= 15 is 0 Å². The van der Waals surface area contributed by atoms with E-state index in [0.717, 1.165) is 6.54 Å². The van der Waals surface area contributed by atoms with Crippen molar-refractivity contribution < 1.29 is 4.79 Å². The predicted octanol–water partition coefficient (Wildman–Crippen LogP) is 1.06. The third-order valence-electron chi connectivity index (χ3n) is 4.61. The van der Waals surface area contributed by atoms with E-state index in [1.54, 1.807) is 0 Å². The Morgan fingerprint density at radius 2 is 2.00 bits per heavy atom. The Kier molecular flexibility index (Phi) is 5.54. The Bertz CT molecular complexity index is 299. The van der Waals surface area contributed by atoms with Crippen LogP contribution in [0.5, 0.6) is 0 Å². The molecule has 110 valence electrons. The van der Waals surface area contributed by atoms with Gasteiger partial charge in [0.2, 0.25) is 5.91 Å². The van der Waals surface area contributed by atoms with E-state index in [-0.39, 0.29) is 17.4 Å². The minimum absolute atomic E-state index is 0.0737. The van der Waals surface area contributed by atoms with Gasteiger partial charge in [-0.05, 0) is 12.8 Å². The summed E-state index contributed by atoms with van der Waals surface area (Å²) in [4.78, 5) is 14.6. The van der Waals surface area contributed by atoms with Gasteiger partial charge >= 0.3 is 0 Å². The predicted molar refractivity (Wildman–Crippen MR) is 81.3 cm³/mol. The lowest BCUT2D eigenvalue weighted by Gasteiger charge is -2.43. The number of amides is 1. The largest absolute Gasteiger partial charge is 0.354 e. The van der Waals surface area contributed by atoms with Crippen molar-refractivity contribution in [1.82, 2.24) is 10.2 Å². The van der Waals surface area contributed by atoms with Gasteiger partial charge < -0.3 is 11.1 Å². The Morgan fingerprint density at radius 1 is 1.37 bits per heavy atom. The van der Waals surface area contributed by atoms with Gasteiger partial charge in [-0.3, -0.25) is 9.69 Å². The van der Waals surface area contributed by atoms with Crippen LogP contribution in [0.1, 0.15) is 32.6 Å². The molecule has 2 aliphatic rings. The van der Waals surface area contributed by atoms with Gasteiger partial charge in [-0.2, -0.15) is 11.8 Å². The second-order valence-electron chi connectivity index (χ2n) is 5.89. The van der Waals surface area contributed by atoms with Gasteiger partial charge in [0.25, 0.3) is 0 Å². The number of hydrogen-bond donors (Lipinski definition) is 2. The van der Waals surface area contributed by atoms with E-state index in [1.165, 1.54) is 50.3 Å². The summed E-state index contributed by atoms with van der Waals surface area (Å²) in [7, 11) is 0. The fraction of sp³-hybridized carbons (Fsp3) is 0.929. The molecule has 1 amide bonds. The number of nitrogens with two attached hydrogens (primary N) is 1. The average Bonchev–Trinajstić information content (AvgIpc) is 2.95. The lowest BCUT2D eigenvalue weighted by molar-refractivity contribution is -0.124. The highest BCUT2D eigenvalue weighted by atomic mass is 32.2. The minimum Gasteiger partial charge on any atom is -0.354 e. The van der Waals surface area contributed by atoms with Gasteiger partial charge in [-0.1, -0.05) is 19.8 Å². The summed E-state index contributed by atoms with van der Waals surface area (Å²) in [5.74, 6) is 2.50. The maximum Gasteiger partial charge on any atom is 0.224 e. The molecule has 1 saturated carbocycles. The first-order valence-electron chi connectivity index (χ1n) is 7.48. The average molecular weight is 285 g/mol. The molecule has 4 nitrogen and oxygen atoms in total. The fourth-order valence-electron chi connectivity index (χ4n) is 3.21. The van der Waals surface area contributed by atoms with Crippen LogP contribution in [0, 0.1) is 5.92 Å². The highest BCUT2D eigenvalue weighted by molar-refractivity contribution is 7.99. The van der Waals surface area contributed by atoms with Gasteiger partial charge in [0.1, 0.15) is 0 Å². The highest BCUT2D eigenvalue weighted by Crippen LogP contribution is 2.36. The van der Waals surface area contributed by atoms with Crippen LogP contribution in [0.15, 0.2) is 0 Å². The lowest BCUT2D eigenvalue weighted by Crippen LogP contribution is -2.57. The summed E-state index contributed by atoms with van der Waals surface area (Å²) < 4.78 is 0. The maximum absolute atomic E-state index is 11.9. The van der Waals surface area contributed by atoms with Gasteiger partial charge in [0, 0.05) is 49.1 Å². The number of nitrogens with zero attached hydrogens (tertiary/aromatic N) is 1. The van der Waals surface area contributed by atoms with E-state index < -0.39 is 0 Å². The molecule has 1 saturated heterocycles. The van der Waals surface area contributed by atoms with Crippen molar-refractivity contribution in [3.63, 3.8) is 0 Å². The van der Waals surface area contributed by atoms with Crippen LogP contribution >= 0.6 is 11.8 Å². The summed E-state index contributed by atoms with van der Waals surface area (Å²) in [6, 6.07) is 0. The molecule has 0 radical (unpaired) electrons. The number of carbonyl (C=O) groups is 1. The van der Waals surface area contributed by atoms with Crippen LogP contribution < -0.4 is 11.1 Å². The summed E-state index contributed by atoms with van der Waals surface area (Å²) in [5, 5.41) is 3.15. The molecule has 0 spiro atoms. The van der Waals surface area contributed by atoms with Crippen molar-refractivity contribution >= 4 is 17.7 Å². The van der Waals surface area contributed by atoms with Crippen molar-refractivity contribution in [2.24, 2.45) is 11.7 Å². The van der Waals surface area contributed by atoms with Crippen LogP contribution in [0.2, 0.25) is 0 Å². The van der Waals surface area contributed by atoms with Gasteiger partial charge in [-0.25, -0.2) is 0 Å². The molecule has 3 N–H and O–H groups in total. The SMILES string of the molecule is CC(CN)C(=O)NCC1(N2CCSCC2)CCCC1. The van der Waals surface area contributed by atoms with Crippen LogP contribution in [0.4, 0.5) is 0 Å². The maximum atomic E-state index is 11.9. The molecule has 0 bridgehead atoms. The molecule has 2 rings (SSSR count). The first kappa shape index (κ1) is 15.1. The summed E-state index contributed by atoms with van der Waals surface area (Å²) in [6.07, 6.45) is 5.06. The van der Waals surface area contributed by atoms with Gasteiger partial charge in [-0.15, -0.1) is 0 Å². The Labute approximate surface area is 120 Å². The van der Waals surface area contributed by atoms with Crippen molar-refractivity contribution in [3.8, 4) is 0 Å². The summed E-state index contributed by atoms with van der Waals surface area (Å²) >= 11 is 2.04. The minimum atomic E-state index is -0.0737. The molecule has 1 unspecified atom stereocenters. The van der Waals surface area contributed by atoms with Crippen molar-refractivity contribution in [3.05, 3.63) is 0 Å². The summed E-state index contributed by atoms with van der Waals surface area (Å²) in [5.41, 5.74) is 5.79. The van der Waals surface area contributed by atoms with E-state index in [4.69, 9.17) is 5.73 Å². The van der Waals surface area contributed by atoms with Crippen molar-refractivity contribution in [2.45, 2.75) is 38.1 Å². The molecule has 1 aliphatic carbocycles.